The fourth-order valence-corrected chi connectivity index (χ4v) is 2.37. The molecule has 6 heteroatoms. The van der Waals surface area contributed by atoms with E-state index in [4.69, 9.17) is 0 Å². The number of unbranched alkanes of at least 4 members (excludes halogenated alkanes) is 2. The Morgan fingerprint density at radius 3 is 2.29 bits per heavy atom. The molecule has 0 aromatic heterocycles. The Kier molecular flexibility index (Phi) is 7.36. The summed E-state index contributed by atoms with van der Waals surface area (Å²) in [7, 11) is 0. The highest BCUT2D eigenvalue weighted by Gasteiger charge is 2.19. The summed E-state index contributed by atoms with van der Waals surface area (Å²) in [5, 5.41) is 11.0. The number of benzene rings is 1. The van der Waals surface area contributed by atoms with Gasteiger partial charge in [0.25, 0.3) is 11.6 Å². The summed E-state index contributed by atoms with van der Waals surface area (Å²) in [4.78, 5) is 24.8. The molecule has 0 saturated carbocycles. The number of halogens is 1. The van der Waals surface area contributed by atoms with Crippen LogP contribution in [0.2, 0.25) is 0 Å². The van der Waals surface area contributed by atoms with Crippen molar-refractivity contribution in [2.75, 3.05) is 13.1 Å². The van der Waals surface area contributed by atoms with Gasteiger partial charge in [0.1, 0.15) is 0 Å². The van der Waals surface area contributed by atoms with Crippen molar-refractivity contribution in [3.8, 4) is 0 Å². The number of nitro groups is 1. The van der Waals surface area contributed by atoms with Crippen LogP contribution in [0.5, 0.6) is 0 Å². The zero-order valence-electron chi connectivity index (χ0n) is 12.5. The lowest BCUT2D eigenvalue weighted by Gasteiger charge is -2.22. The van der Waals surface area contributed by atoms with Crippen molar-refractivity contribution in [3.05, 3.63) is 38.3 Å². The lowest BCUT2D eigenvalue weighted by Crippen LogP contribution is -2.33. The standard InChI is InChI=1S/C15H21BrN2O3/c1-3-5-9-17(10-6-4-2)15(19)12-7-8-13(16)14(11-12)18(20)21/h7-8,11H,3-6,9-10H2,1-2H3. The summed E-state index contributed by atoms with van der Waals surface area (Å²) < 4.78 is 0.387. The summed E-state index contributed by atoms with van der Waals surface area (Å²) in [6.07, 6.45) is 3.90. The molecule has 21 heavy (non-hydrogen) atoms. The molecular weight excluding hydrogens is 336 g/mol. The average Bonchev–Trinajstić information content (AvgIpc) is 2.47. The molecular formula is C15H21BrN2O3. The molecule has 0 aliphatic rings. The van der Waals surface area contributed by atoms with Crippen LogP contribution in [-0.2, 0) is 0 Å². The van der Waals surface area contributed by atoms with Crippen molar-refractivity contribution < 1.29 is 9.72 Å². The van der Waals surface area contributed by atoms with E-state index in [2.05, 4.69) is 29.8 Å². The Hall–Kier alpha value is -1.43. The maximum absolute atomic E-state index is 12.5. The van der Waals surface area contributed by atoms with E-state index in [1.54, 1.807) is 17.0 Å². The Labute approximate surface area is 133 Å². The van der Waals surface area contributed by atoms with Crippen LogP contribution in [0.3, 0.4) is 0 Å². The van der Waals surface area contributed by atoms with E-state index in [0.29, 0.717) is 23.1 Å². The van der Waals surface area contributed by atoms with Crippen molar-refractivity contribution in [2.45, 2.75) is 39.5 Å². The molecule has 0 fully saturated rings. The van der Waals surface area contributed by atoms with E-state index in [1.807, 2.05) is 0 Å². The van der Waals surface area contributed by atoms with Crippen LogP contribution >= 0.6 is 15.9 Å². The van der Waals surface area contributed by atoms with Gasteiger partial charge < -0.3 is 4.90 Å². The second kappa shape index (κ2) is 8.77. The maximum Gasteiger partial charge on any atom is 0.284 e. The molecule has 1 aromatic carbocycles. The number of nitro benzene ring substituents is 1. The van der Waals surface area contributed by atoms with Crippen LogP contribution in [0.1, 0.15) is 49.9 Å². The predicted octanol–water partition coefficient (Wildman–Crippen LogP) is 4.40. The van der Waals surface area contributed by atoms with Crippen molar-refractivity contribution in [3.63, 3.8) is 0 Å². The molecule has 0 bridgehead atoms. The normalized spacial score (nSPS) is 10.4. The summed E-state index contributed by atoms with van der Waals surface area (Å²) in [5.74, 6) is -0.132. The SMILES string of the molecule is CCCCN(CCCC)C(=O)c1ccc(Br)c([N+](=O)[O-])c1. The fourth-order valence-electron chi connectivity index (χ4n) is 1.98. The van der Waals surface area contributed by atoms with Crippen LogP contribution in [-0.4, -0.2) is 28.8 Å². The highest BCUT2D eigenvalue weighted by molar-refractivity contribution is 9.10. The molecule has 5 nitrogen and oxygen atoms in total. The van der Waals surface area contributed by atoms with Gasteiger partial charge in [0.15, 0.2) is 0 Å². The van der Waals surface area contributed by atoms with E-state index in [1.165, 1.54) is 6.07 Å². The Balaban J connectivity index is 2.96. The van der Waals surface area contributed by atoms with Gasteiger partial charge >= 0.3 is 0 Å². The lowest BCUT2D eigenvalue weighted by atomic mass is 10.1. The largest absolute Gasteiger partial charge is 0.339 e. The van der Waals surface area contributed by atoms with E-state index in [0.717, 1.165) is 25.7 Å². The van der Waals surface area contributed by atoms with Crippen molar-refractivity contribution in [1.29, 1.82) is 0 Å². The monoisotopic (exact) mass is 356 g/mol. The third-order valence-electron chi connectivity index (χ3n) is 3.24. The summed E-state index contributed by atoms with van der Waals surface area (Å²) in [6.45, 7) is 5.54. The number of rotatable bonds is 8. The first-order chi connectivity index (χ1) is 10.0. The van der Waals surface area contributed by atoms with Crippen LogP contribution < -0.4 is 0 Å². The molecule has 0 atom stereocenters. The second-order valence-electron chi connectivity index (χ2n) is 4.92. The van der Waals surface area contributed by atoms with Gasteiger partial charge in [-0.15, -0.1) is 0 Å². The lowest BCUT2D eigenvalue weighted by molar-refractivity contribution is -0.385. The third kappa shape index (κ3) is 5.12. The molecule has 1 aromatic rings. The van der Waals surface area contributed by atoms with Crippen LogP contribution in [0.4, 0.5) is 5.69 Å². The van der Waals surface area contributed by atoms with Gasteiger partial charge in [-0.05, 0) is 40.9 Å². The number of hydrogen-bond acceptors (Lipinski definition) is 3. The van der Waals surface area contributed by atoms with Crippen LogP contribution in [0, 0.1) is 10.1 Å². The minimum atomic E-state index is -0.483. The molecule has 1 amide bonds. The second-order valence-corrected chi connectivity index (χ2v) is 5.78. The number of hydrogen-bond donors (Lipinski definition) is 0. The molecule has 0 heterocycles. The molecule has 0 aliphatic heterocycles. The van der Waals surface area contributed by atoms with Crippen LogP contribution in [0.15, 0.2) is 22.7 Å². The molecule has 0 saturated heterocycles. The third-order valence-corrected chi connectivity index (χ3v) is 3.91. The van der Waals surface area contributed by atoms with Crippen molar-refractivity contribution in [2.24, 2.45) is 0 Å². The first-order valence-corrected chi connectivity index (χ1v) is 8.03. The fraction of sp³-hybridized carbons (Fsp3) is 0.533. The topological polar surface area (TPSA) is 63.5 Å². The van der Waals surface area contributed by atoms with Crippen molar-refractivity contribution >= 4 is 27.5 Å². The van der Waals surface area contributed by atoms with Gasteiger partial charge in [0, 0.05) is 24.7 Å². The van der Waals surface area contributed by atoms with Crippen LogP contribution in [0.25, 0.3) is 0 Å². The average molecular weight is 357 g/mol. The summed E-state index contributed by atoms with van der Waals surface area (Å²) in [5.41, 5.74) is 0.295. The zero-order valence-corrected chi connectivity index (χ0v) is 14.1. The van der Waals surface area contributed by atoms with Gasteiger partial charge in [-0.25, -0.2) is 0 Å². The molecule has 0 aliphatic carbocycles. The minimum absolute atomic E-state index is 0.0771. The molecule has 0 unspecified atom stereocenters. The Bertz CT molecular complexity index is 498. The predicted molar refractivity (Wildman–Crippen MR) is 86.5 cm³/mol. The van der Waals surface area contributed by atoms with Gasteiger partial charge in [0.05, 0.1) is 9.40 Å². The quantitative estimate of drug-likeness (QED) is 0.512. The number of carbonyl (C=O) groups is 1. The first kappa shape index (κ1) is 17.6. The highest BCUT2D eigenvalue weighted by atomic mass is 79.9. The number of carbonyl (C=O) groups excluding carboxylic acids is 1. The summed E-state index contributed by atoms with van der Waals surface area (Å²) >= 11 is 3.13. The van der Waals surface area contributed by atoms with Gasteiger partial charge in [0.2, 0.25) is 0 Å². The molecule has 116 valence electrons. The smallest absolute Gasteiger partial charge is 0.284 e. The Morgan fingerprint density at radius 2 is 1.81 bits per heavy atom. The van der Waals surface area contributed by atoms with Crippen molar-refractivity contribution in [1.82, 2.24) is 4.90 Å². The molecule has 0 radical (unpaired) electrons. The Morgan fingerprint density at radius 1 is 1.24 bits per heavy atom. The van der Waals surface area contributed by atoms with Gasteiger partial charge in [-0.3, -0.25) is 14.9 Å². The highest BCUT2D eigenvalue weighted by Crippen LogP contribution is 2.26. The number of amides is 1. The summed E-state index contributed by atoms with van der Waals surface area (Å²) in [6, 6.07) is 4.53. The van der Waals surface area contributed by atoms with E-state index < -0.39 is 4.92 Å². The van der Waals surface area contributed by atoms with Gasteiger partial charge in [-0.2, -0.15) is 0 Å². The maximum atomic E-state index is 12.5. The molecule has 1 rings (SSSR count). The minimum Gasteiger partial charge on any atom is -0.339 e. The molecule has 0 spiro atoms. The van der Waals surface area contributed by atoms with E-state index in [-0.39, 0.29) is 11.6 Å². The number of nitrogens with zero attached hydrogens (tertiary/aromatic N) is 2. The van der Waals surface area contributed by atoms with Gasteiger partial charge in [-0.1, -0.05) is 26.7 Å². The van der Waals surface area contributed by atoms with E-state index >= 15 is 0 Å². The first-order valence-electron chi connectivity index (χ1n) is 7.24. The van der Waals surface area contributed by atoms with E-state index in [9.17, 15) is 14.9 Å². The molecule has 0 N–H and O–H groups in total. The zero-order chi connectivity index (χ0) is 15.8.